The fraction of sp³-hybridized carbons (Fsp3) is 0.348. The number of nitrogens with zero attached hydrogens (tertiary/aromatic N) is 2. The minimum absolute atomic E-state index is 0.00380. The van der Waals surface area contributed by atoms with Crippen LogP contribution in [0.3, 0.4) is 0 Å². The first-order valence-corrected chi connectivity index (χ1v) is 10.5. The number of ether oxygens (including phenoxy) is 1. The normalized spacial score (nSPS) is 18.0. The molecule has 4 rings (SSSR count). The minimum Gasteiger partial charge on any atom is -0.388 e. The monoisotopic (exact) mass is 442 g/mol. The fourth-order valence-corrected chi connectivity index (χ4v) is 4.04. The highest BCUT2D eigenvalue weighted by molar-refractivity contribution is 5.86. The van der Waals surface area contributed by atoms with Gasteiger partial charge in [-0.2, -0.15) is 0 Å². The van der Waals surface area contributed by atoms with Gasteiger partial charge in [-0.15, -0.1) is 0 Å². The molecule has 1 aliphatic carbocycles. The SMILES string of the molecule is CCC(=O)N[C@H]1CC[C@@H](N(C)C(=O)Oc2ncc(-c3ccc4[nH]ccc4c3F)cc2F)C1. The number of carbonyl (C=O) groups is 2. The predicted molar refractivity (Wildman–Crippen MR) is 115 cm³/mol. The molecule has 1 aromatic carbocycles. The van der Waals surface area contributed by atoms with Gasteiger partial charge in [0.1, 0.15) is 5.82 Å². The quantitative estimate of drug-likeness (QED) is 0.614. The van der Waals surface area contributed by atoms with Crippen molar-refractivity contribution in [2.75, 3.05) is 7.05 Å². The molecule has 0 radical (unpaired) electrons. The number of aromatic nitrogens is 2. The lowest BCUT2D eigenvalue weighted by Crippen LogP contribution is -2.39. The lowest BCUT2D eigenvalue weighted by Gasteiger charge is -2.23. The van der Waals surface area contributed by atoms with Crippen LogP contribution >= 0.6 is 0 Å². The van der Waals surface area contributed by atoms with E-state index >= 15 is 0 Å². The number of fused-ring (bicyclic) bond motifs is 1. The summed E-state index contributed by atoms with van der Waals surface area (Å²) in [6.07, 6.45) is 4.63. The minimum atomic E-state index is -0.864. The molecule has 0 bridgehead atoms. The lowest BCUT2D eigenvalue weighted by atomic mass is 10.0. The van der Waals surface area contributed by atoms with E-state index in [1.807, 2.05) is 0 Å². The van der Waals surface area contributed by atoms with Crippen LogP contribution in [0.5, 0.6) is 5.88 Å². The van der Waals surface area contributed by atoms with Gasteiger partial charge in [0, 0.05) is 60.0 Å². The van der Waals surface area contributed by atoms with Crippen molar-refractivity contribution < 1.29 is 23.1 Å². The van der Waals surface area contributed by atoms with Crippen molar-refractivity contribution in [3.63, 3.8) is 0 Å². The lowest BCUT2D eigenvalue weighted by molar-refractivity contribution is -0.121. The van der Waals surface area contributed by atoms with Gasteiger partial charge in [-0.05, 0) is 43.5 Å². The standard InChI is InChI=1S/C23H24F2N4O3/c1-3-20(30)28-14-4-5-15(11-14)29(2)23(31)32-22-18(24)10-13(12-27-22)16-6-7-19-17(21(16)25)8-9-26-19/h6-10,12,14-15,26H,3-5,11H2,1-2H3,(H,28,30)/t14-,15+/m0/s1. The fourth-order valence-electron chi connectivity index (χ4n) is 4.04. The summed E-state index contributed by atoms with van der Waals surface area (Å²) in [4.78, 5) is 32.3. The van der Waals surface area contributed by atoms with Crippen molar-refractivity contribution in [1.29, 1.82) is 0 Å². The van der Waals surface area contributed by atoms with E-state index in [9.17, 15) is 18.4 Å². The number of nitrogens with one attached hydrogen (secondary N) is 2. The van der Waals surface area contributed by atoms with Crippen LogP contribution in [-0.2, 0) is 4.79 Å². The second-order valence-electron chi connectivity index (χ2n) is 7.94. The summed E-state index contributed by atoms with van der Waals surface area (Å²) in [5, 5.41) is 3.32. The first-order valence-electron chi connectivity index (χ1n) is 10.5. The smallest absolute Gasteiger partial charge is 0.388 e. The van der Waals surface area contributed by atoms with E-state index in [0.717, 1.165) is 12.5 Å². The third-order valence-electron chi connectivity index (χ3n) is 5.90. The summed E-state index contributed by atoms with van der Waals surface area (Å²) in [7, 11) is 1.57. The Morgan fingerprint density at radius 1 is 1.28 bits per heavy atom. The second-order valence-corrected chi connectivity index (χ2v) is 7.94. The third-order valence-corrected chi connectivity index (χ3v) is 5.90. The first-order chi connectivity index (χ1) is 15.4. The summed E-state index contributed by atoms with van der Waals surface area (Å²) in [5.41, 5.74) is 1.07. The molecular weight excluding hydrogens is 418 g/mol. The number of halogens is 2. The Hall–Kier alpha value is -3.49. The van der Waals surface area contributed by atoms with Gasteiger partial charge in [0.2, 0.25) is 5.91 Å². The van der Waals surface area contributed by atoms with Crippen molar-refractivity contribution in [2.24, 2.45) is 0 Å². The van der Waals surface area contributed by atoms with Crippen LogP contribution in [0.4, 0.5) is 13.6 Å². The van der Waals surface area contributed by atoms with Crippen LogP contribution in [0, 0.1) is 11.6 Å². The summed E-state index contributed by atoms with van der Waals surface area (Å²) in [5.74, 6) is -1.85. The molecule has 1 fully saturated rings. The molecule has 3 aromatic rings. The first kappa shape index (κ1) is 21.7. The summed E-state index contributed by atoms with van der Waals surface area (Å²) >= 11 is 0. The summed E-state index contributed by atoms with van der Waals surface area (Å²) < 4.78 is 34.5. The molecule has 1 saturated carbocycles. The molecule has 0 unspecified atom stereocenters. The maximum absolute atomic E-state index is 14.8. The van der Waals surface area contributed by atoms with Crippen LogP contribution < -0.4 is 10.1 Å². The highest BCUT2D eigenvalue weighted by Gasteiger charge is 2.32. The second kappa shape index (κ2) is 8.94. The van der Waals surface area contributed by atoms with Gasteiger partial charge in [-0.1, -0.05) is 6.92 Å². The Morgan fingerprint density at radius 3 is 2.84 bits per heavy atom. The average Bonchev–Trinajstić information content (AvgIpc) is 3.45. The zero-order valence-electron chi connectivity index (χ0n) is 17.8. The molecule has 0 saturated heterocycles. The molecule has 168 valence electrons. The third kappa shape index (κ3) is 4.28. The van der Waals surface area contributed by atoms with E-state index in [-0.39, 0.29) is 29.1 Å². The number of aromatic amines is 1. The number of H-pyrrole nitrogens is 1. The van der Waals surface area contributed by atoms with E-state index in [1.165, 1.54) is 17.2 Å². The maximum atomic E-state index is 14.8. The van der Waals surface area contributed by atoms with Gasteiger partial charge in [0.25, 0.3) is 5.88 Å². The number of hydrogen-bond acceptors (Lipinski definition) is 4. The Morgan fingerprint density at radius 2 is 2.09 bits per heavy atom. The Labute approximate surface area is 183 Å². The Bertz CT molecular complexity index is 1160. The number of pyridine rings is 1. The van der Waals surface area contributed by atoms with E-state index in [1.54, 1.807) is 32.3 Å². The summed E-state index contributed by atoms with van der Waals surface area (Å²) in [6.45, 7) is 1.78. The number of amides is 2. The van der Waals surface area contributed by atoms with Crippen molar-refractivity contribution in [1.82, 2.24) is 20.2 Å². The van der Waals surface area contributed by atoms with Gasteiger partial charge in [0.05, 0.1) is 0 Å². The van der Waals surface area contributed by atoms with Crippen LogP contribution in [-0.4, -0.2) is 46.0 Å². The predicted octanol–water partition coefficient (Wildman–Crippen LogP) is 4.39. The van der Waals surface area contributed by atoms with Crippen LogP contribution in [0.2, 0.25) is 0 Å². The molecule has 0 spiro atoms. The zero-order valence-corrected chi connectivity index (χ0v) is 17.8. The van der Waals surface area contributed by atoms with Crippen molar-refractivity contribution >= 4 is 22.9 Å². The maximum Gasteiger partial charge on any atom is 0.416 e. The van der Waals surface area contributed by atoms with Gasteiger partial charge in [0.15, 0.2) is 5.82 Å². The average molecular weight is 442 g/mol. The number of rotatable bonds is 5. The van der Waals surface area contributed by atoms with Crippen molar-refractivity contribution in [2.45, 2.75) is 44.7 Å². The number of hydrogen-bond donors (Lipinski definition) is 2. The van der Waals surface area contributed by atoms with E-state index < -0.39 is 23.6 Å². The molecule has 7 nitrogen and oxygen atoms in total. The Kier molecular flexibility index (Phi) is 6.07. The van der Waals surface area contributed by atoms with E-state index in [2.05, 4.69) is 15.3 Å². The van der Waals surface area contributed by atoms with Gasteiger partial charge in [-0.3, -0.25) is 4.79 Å². The van der Waals surface area contributed by atoms with E-state index in [0.29, 0.717) is 30.2 Å². The molecular formula is C23H24F2N4O3. The molecule has 1 aliphatic rings. The highest BCUT2D eigenvalue weighted by Crippen LogP contribution is 2.30. The van der Waals surface area contributed by atoms with Crippen molar-refractivity contribution in [3.8, 4) is 17.0 Å². The number of benzene rings is 1. The molecule has 2 N–H and O–H groups in total. The molecule has 32 heavy (non-hydrogen) atoms. The van der Waals surface area contributed by atoms with Gasteiger partial charge >= 0.3 is 6.09 Å². The van der Waals surface area contributed by atoms with Crippen LogP contribution in [0.1, 0.15) is 32.6 Å². The molecule has 2 heterocycles. The summed E-state index contributed by atoms with van der Waals surface area (Å²) in [6, 6.07) is 5.81. The van der Waals surface area contributed by atoms with Crippen LogP contribution in [0.25, 0.3) is 22.0 Å². The topological polar surface area (TPSA) is 87.3 Å². The number of carbonyl (C=O) groups excluding carboxylic acids is 2. The zero-order chi connectivity index (χ0) is 22.8. The highest BCUT2D eigenvalue weighted by atomic mass is 19.1. The molecule has 9 heteroatoms. The molecule has 0 aliphatic heterocycles. The largest absolute Gasteiger partial charge is 0.416 e. The molecule has 2 atom stereocenters. The van der Waals surface area contributed by atoms with Crippen LogP contribution in [0.15, 0.2) is 36.7 Å². The molecule has 2 aromatic heterocycles. The van der Waals surface area contributed by atoms with Crippen molar-refractivity contribution in [3.05, 3.63) is 48.3 Å². The molecule has 2 amide bonds. The van der Waals surface area contributed by atoms with E-state index in [4.69, 9.17) is 4.74 Å². The Balaban J connectivity index is 1.44. The van der Waals surface area contributed by atoms with Gasteiger partial charge in [-0.25, -0.2) is 18.6 Å². The van der Waals surface area contributed by atoms with Gasteiger partial charge < -0.3 is 19.9 Å².